The maximum absolute atomic E-state index is 16.4. The zero-order valence-electron chi connectivity index (χ0n) is 63.9. The Morgan fingerprint density at radius 3 is 1.96 bits per heavy atom. The molecule has 116 heavy (non-hydrogen) atoms. The number of aryl methyl sites for hydroxylation is 1. The fourth-order valence-electron chi connectivity index (χ4n) is 16.8. The predicted octanol–water partition coefficient (Wildman–Crippen LogP) is 3.20. The van der Waals surface area contributed by atoms with Gasteiger partial charge in [0.25, 0.3) is 0 Å². The van der Waals surface area contributed by atoms with Crippen LogP contribution in [0.2, 0.25) is 5.02 Å². The van der Waals surface area contributed by atoms with E-state index in [1.54, 1.807) is 12.1 Å². The Hall–Kier alpha value is -10.9. The first kappa shape index (κ1) is 83.0. The van der Waals surface area contributed by atoms with Crippen molar-refractivity contribution in [3.05, 3.63) is 142 Å². The molecule has 6 aromatic rings. The van der Waals surface area contributed by atoms with Crippen LogP contribution in [0.5, 0.6) is 51.7 Å². The molecule has 0 spiro atoms. The smallest absolute Gasteiger partial charge is 0.325 e. The number of halogens is 1. The number of hydrogen-bond donors (Lipinski definition) is 20. The molecule has 6 heterocycles. The number of likely N-dealkylation sites (N-methyl/N-ethyl adjacent to an activating group) is 2. The first-order chi connectivity index (χ1) is 55.4. The Kier molecular flexibility index (Phi) is 25.2. The lowest BCUT2D eigenvalue weighted by Gasteiger charge is -2.54. The molecular formula is C81H95ClN12O22. The number of aliphatic hydroxyl groups excluding tert-OH is 5. The summed E-state index contributed by atoms with van der Waals surface area (Å²) in [5.41, 5.74) is 4.43. The Morgan fingerprint density at radius 2 is 1.30 bits per heavy atom. The Morgan fingerprint density at radius 1 is 0.655 bits per heavy atom. The van der Waals surface area contributed by atoms with E-state index in [-0.39, 0.29) is 91.4 Å². The van der Waals surface area contributed by atoms with Crippen molar-refractivity contribution >= 4 is 70.6 Å². The van der Waals surface area contributed by atoms with Crippen LogP contribution in [0.3, 0.4) is 0 Å². The van der Waals surface area contributed by atoms with Crippen molar-refractivity contribution in [2.75, 3.05) is 38.6 Å². The second kappa shape index (κ2) is 35.3. The third-order valence-corrected chi connectivity index (χ3v) is 22.7. The summed E-state index contributed by atoms with van der Waals surface area (Å²) in [5, 5.41) is 124. The summed E-state index contributed by atoms with van der Waals surface area (Å²) in [6.45, 7) is 8.26. The highest BCUT2D eigenvalue weighted by molar-refractivity contribution is 6.32. The van der Waals surface area contributed by atoms with Gasteiger partial charge in [0, 0.05) is 42.0 Å². The van der Waals surface area contributed by atoms with Crippen LogP contribution in [0, 0.1) is 36.5 Å². The van der Waals surface area contributed by atoms with Crippen molar-refractivity contribution in [2.45, 2.75) is 164 Å². The number of imide groups is 1. The van der Waals surface area contributed by atoms with Crippen molar-refractivity contribution in [3.8, 4) is 62.9 Å². The Bertz CT molecular complexity index is 4740. The van der Waals surface area contributed by atoms with Gasteiger partial charge in [-0.25, -0.2) is 4.79 Å². The van der Waals surface area contributed by atoms with E-state index in [0.29, 0.717) is 37.3 Å². The van der Waals surface area contributed by atoms with Gasteiger partial charge < -0.3 is 123 Å². The molecule has 14 atom stereocenters. The number of hydrogen-bond acceptors (Lipinski definition) is 25. The second-order valence-electron chi connectivity index (χ2n) is 31.0. The molecule has 10 aliphatic rings. The van der Waals surface area contributed by atoms with Crippen LogP contribution in [-0.2, 0) is 43.1 Å². The van der Waals surface area contributed by atoms with E-state index in [1.165, 1.54) is 56.4 Å². The molecule has 35 heteroatoms. The maximum atomic E-state index is 16.4. The number of fused-ring (bicyclic) bond motifs is 15. The third kappa shape index (κ3) is 18.0. The molecule has 5 fully saturated rings. The molecule has 34 nitrogen and oxygen atoms in total. The van der Waals surface area contributed by atoms with E-state index < -0.39 is 192 Å². The van der Waals surface area contributed by atoms with Crippen LogP contribution in [0.25, 0.3) is 11.1 Å². The number of aliphatic hydroxyl groups is 5. The van der Waals surface area contributed by atoms with Gasteiger partial charge in [-0.05, 0) is 201 Å². The van der Waals surface area contributed by atoms with Gasteiger partial charge in [-0.3, -0.25) is 43.7 Å². The molecule has 0 aromatic heterocycles. The van der Waals surface area contributed by atoms with Gasteiger partial charge in [0.1, 0.15) is 114 Å². The molecule has 618 valence electrons. The number of carbonyl (C=O) groups is 9. The van der Waals surface area contributed by atoms with Gasteiger partial charge in [-0.15, -0.1) is 0 Å². The maximum Gasteiger partial charge on any atom is 0.325 e. The largest absolute Gasteiger partial charge is 0.508 e. The first-order valence-corrected chi connectivity index (χ1v) is 38.9. The molecule has 10 amide bonds. The summed E-state index contributed by atoms with van der Waals surface area (Å²) in [4.78, 5) is 138. The number of aromatic hydroxyl groups is 3. The number of carbonyl (C=O) groups excluding carboxylic acids is 9. The van der Waals surface area contributed by atoms with E-state index in [9.17, 15) is 55.2 Å². The number of ether oxygens (including phenoxy) is 5. The molecule has 15 bridgehead atoms. The highest BCUT2D eigenvalue weighted by Crippen LogP contribution is 2.55. The minimum atomic E-state index is -2.34. The number of benzene rings is 6. The van der Waals surface area contributed by atoms with Crippen molar-refractivity contribution in [1.82, 2.24) is 53.2 Å². The molecular weight excluding hydrogens is 1530 g/mol. The van der Waals surface area contributed by atoms with Crippen molar-refractivity contribution in [2.24, 2.45) is 35.3 Å². The van der Waals surface area contributed by atoms with Gasteiger partial charge in [0.2, 0.25) is 59.3 Å². The van der Waals surface area contributed by atoms with Gasteiger partial charge in [0.15, 0.2) is 11.5 Å². The third-order valence-electron chi connectivity index (χ3n) is 22.4. The number of rotatable bonds is 18. The van der Waals surface area contributed by atoms with Crippen LogP contribution in [0.1, 0.15) is 129 Å². The fourth-order valence-corrected chi connectivity index (χ4v) is 17.0. The van der Waals surface area contributed by atoms with Gasteiger partial charge in [0.05, 0.1) is 17.5 Å². The highest BCUT2D eigenvalue weighted by atomic mass is 35.5. The van der Waals surface area contributed by atoms with Crippen molar-refractivity contribution in [1.29, 1.82) is 0 Å². The minimum Gasteiger partial charge on any atom is -0.508 e. The summed E-state index contributed by atoms with van der Waals surface area (Å²) in [6.07, 6.45) is -9.95. The van der Waals surface area contributed by atoms with E-state index in [1.807, 2.05) is 20.8 Å². The summed E-state index contributed by atoms with van der Waals surface area (Å²) < 4.78 is 31.6. The van der Waals surface area contributed by atoms with E-state index in [2.05, 4.69) is 58.5 Å². The summed E-state index contributed by atoms with van der Waals surface area (Å²) >= 11 is 7.19. The molecule has 4 aliphatic carbocycles. The molecule has 1 saturated heterocycles. The molecule has 21 N–H and O–H groups in total. The number of nitrogens with two attached hydrogens (primary N) is 1. The van der Waals surface area contributed by atoms with Gasteiger partial charge in [-0.2, -0.15) is 0 Å². The standard InChI is InChI=1S/C81H95ClN12O22/c1-6-85-17-18-112-46-12-10-44(11-13-46)86-81(111)88-59(98)32-51-74(105)90-63-43-28-56(113-54-15-8-39(20-35(54)4)67(99)65(78(109)87-51)93-73(104)50(84-5)19-34(2)3)72(116-80-71(103)70(102)69(101)58(33-83)115-80)57(29-43)114-55-16-9-40(27-49(55)82)68(100)66-79(110)92-64(77(108)89-61-41-22-36-21-37(24-41)25-42(61)23-36)48-30-45(95)31-53(97)60(48)47-26-38(7-14-52(47)96)62(75(106)94-66)91-76(63)107/h7-16,20,26-31,34,36-37,41-42,50-51,58,61-71,80,84-85,95-97,99-103H,6,17-19,21-25,32-33,83H2,1-5H3,(H,87,109)(H,89,108)(H,90,105)(H,91,107)(H,92,110)(H,93,104)(H,94,106)(H2,86,88,98,111)/t36?,37?,41?,42?,50-,51+,58-,61?,62-,63-,64+,65-,66+,67-,68-,69-,70+,71-,80+/m1/s1. The van der Waals surface area contributed by atoms with Crippen molar-refractivity contribution in [3.63, 3.8) is 0 Å². The van der Waals surface area contributed by atoms with Crippen LogP contribution in [0.4, 0.5) is 10.5 Å². The Balaban J connectivity index is 0.980. The number of urea groups is 1. The molecule has 0 radical (unpaired) electrons. The number of phenols is 3. The molecule has 6 aromatic carbocycles. The lowest BCUT2D eigenvalue weighted by atomic mass is 9.54. The number of nitrogens with one attached hydrogen (secondary N) is 11. The summed E-state index contributed by atoms with van der Waals surface area (Å²) in [7, 11) is 1.50. The minimum absolute atomic E-state index is 0.0416. The van der Waals surface area contributed by atoms with Crippen molar-refractivity contribution < 1.29 is 108 Å². The van der Waals surface area contributed by atoms with E-state index in [0.717, 1.165) is 80.6 Å². The zero-order valence-corrected chi connectivity index (χ0v) is 64.6. The number of amides is 10. The zero-order chi connectivity index (χ0) is 82.8. The van der Waals surface area contributed by atoms with Gasteiger partial charge >= 0.3 is 6.03 Å². The monoisotopic (exact) mass is 1620 g/mol. The lowest BCUT2D eigenvalue weighted by Crippen LogP contribution is -2.60. The summed E-state index contributed by atoms with van der Waals surface area (Å²) in [5.74, 6) is -12.3. The number of anilines is 1. The fraction of sp³-hybridized carbons (Fsp3) is 0.444. The summed E-state index contributed by atoms with van der Waals surface area (Å²) in [6, 6.07) is 5.84. The highest BCUT2D eigenvalue weighted by Gasteiger charge is 2.51. The normalized spacial score (nSPS) is 27.7. The number of phenolic OH excluding ortho intramolecular Hbond substituents is 3. The van der Waals surface area contributed by atoms with E-state index >= 15 is 28.8 Å². The molecule has 0 unspecified atom stereocenters. The van der Waals surface area contributed by atoms with Crippen LogP contribution >= 0.6 is 11.6 Å². The average molecular weight is 1620 g/mol. The van der Waals surface area contributed by atoms with Gasteiger partial charge in [-0.1, -0.05) is 50.6 Å². The lowest BCUT2D eigenvalue weighted by molar-refractivity contribution is -0.270. The predicted molar refractivity (Wildman–Crippen MR) is 414 cm³/mol. The van der Waals surface area contributed by atoms with Crippen LogP contribution < -0.4 is 83.2 Å². The van der Waals surface area contributed by atoms with Crippen LogP contribution in [-0.4, -0.2) is 188 Å². The molecule has 6 aliphatic heterocycles. The molecule has 4 saturated carbocycles. The van der Waals surface area contributed by atoms with Crippen LogP contribution in [0.15, 0.2) is 103 Å². The van der Waals surface area contributed by atoms with E-state index in [4.69, 9.17) is 41.0 Å². The first-order valence-electron chi connectivity index (χ1n) is 38.5. The quantitative estimate of drug-likeness (QED) is 0.0549. The molecule has 16 rings (SSSR count). The SMILES string of the molecule is CCNCCOc1ccc(NC(=O)NC(=O)C[C@@H]2NC(=O)[C@H](NC(=O)[C@@H](CC(C)C)NC)[C@H](O)c3ccc(c(C)c3)Oc3cc4cc(c3O[C@@H]3O[C@H](CN)[C@@H](O)[C@H](O)[C@H]3O)Oc3ccc(cc3Cl)[C@@H](O)[C@@H]3NC(=O)[C@H](NC(=O)[C@@H]4NC2=O)c2ccc(O)c(c2)-c2c(O)cc(O)cc2[C@@H](C(=O)NC2C4CC5CC(C4)CC2C5)NC3=O)cc1. The topological polar surface area (TPSA) is 520 Å². The average Bonchev–Trinajstić information content (AvgIpc) is 0.757. The Labute approximate surface area is 670 Å². The second-order valence-corrected chi connectivity index (χ2v) is 31.4.